The van der Waals surface area contributed by atoms with Crippen LogP contribution in [0, 0.1) is 12.7 Å². The van der Waals surface area contributed by atoms with Gasteiger partial charge in [-0.15, -0.1) is 0 Å². The van der Waals surface area contributed by atoms with E-state index in [4.69, 9.17) is 4.74 Å². The van der Waals surface area contributed by atoms with E-state index < -0.39 is 5.82 Å². The average molecular weight is 245 g/mol. The van der Waals surface area contributed by atoms with Crippen molar-refractivity contribution in [2.75, 3.05) is 0 Å². The highest BCUT2D eigenvalue weighted by atomic mass is 19.1. The summed E-state index contributed by atoms with van der Waals surface area (Å²) in [6.07, 6.45) is 1.65. The first kappa shape index (κ1) is 12.2. The van der Waals surface area contributed by atoms with Crippen molar-refractivity contribution < 1.29 is 13.9 Å². The predicted octanol–water partition coefficient (Wildman–Crippen LogP) is 3.52. The number of rotatable bonds is 3. The van der Waals surface area contributed by atoms with Gasteiger partial charge in [0.1, 0.15) is 17.3 Å². The maximum absolute atomic E-state index is 13.1. The van der Waals surface area contributed by atoms with Crippen molar-refractivity contribution in [3.8, 4) is 11.5 Å². The molecule has 0 saturated carbocycles. The van der Waals surface area contributed by atoms with Gasteiger partial charge in [0.15, 0.2) is 5.78 Å². The minimum absolute atomic E-state index is 0.221. The molecule has 0 aliphatic rings. The maximum Gasteiger partial charge on any atom is 0.163 e. The summed E-state index contributed by atoms with van der Waals surface area (Å²) in [6, 6.07) is 7.35. The van der Waals surface area contributed by atoms with Crippen LogP contribution in [0.1, 0.15) is 23.0 Å². The Hall–Kier alpha value is -2.23. The van der Waals surface area contributed by atoms with Gasteiger partial charge in [0.05, 0.1) is 11.3 Å². The van der Waals surface area contributed by atoms with E-state index in [0.717, 1.165) is 0 Å². The first-order chi connectivity index (χ1) is 8.58. The zero-order valence-corrected chi connectivity index (χ0v) is 10.1. The lowest BCUT2D eigenvalue weighted by Gasteiger charge is -2.10. The van der Waals surface area contributed by atoms with Crippen molar-refractivity contribution in [1.29, 1.82) is 0 Å². The Morgan fingerprint density at radius 3 is 2.72 bits per heavy atom. The first-order valence-electron chi connectivity index (χ1n) is 5.48. The van der Waals surface area contributed by atoms with Gasteiger partial charge in [-0.25, -0.2) is 4.39 Å². The molecule has 0 atom stereocenters. The van der Waals surface area contributed by atoms with Crippen LogP contribution >= 0.6 is 0 Å². The van der Waals surface area contributed by atoms with E-state index >= 15 is 0 Å². The van der Waals surface area contributed by atoms with Crippen molar-refractivity contribution >= 4 is 5.78 Å². The molecule has 0 bridgehead atoms. The molecule has 3 nitrogen and oxygen atoms in total. The van der Waals surface area contributed by atoms with Gasteiger partial charge in [-0.1, -0.05) is 0 Å². The van der Waals surface area contributed by atoms with Gasteiger partial charge >= 0.3 is 0 Å². The van der Waals surface area contributed by atoms with Gasteiger partial charge in [-0.2, -0.15) is 0 Å². The Morgan fingerprint density at radius 1 is 1.28 bits per heavy atom. The van der Waals surface area contributed by atoms with Crippen molar-refractivity contribution in [2.24, 2.45) is 0 Å². The molecule has 2 rings (SSSR count). The van der Waals surface area contributed by atoms with Crippen molar-refractivity contribution in [2.45, 2.75) is 13.8 Å². The van der Waals surface area contributed by atoms with Gasteiger partial charge in [-0.3, -0.25) is 9.78 Å². The molecule has 2 aromatic rings. The van der Waals surface area contributed by atoms with Gasteiger partial charge in [0.2, 0.25) is 0 Å². The number of ether oxygens (including phenoxy) is 1. The molecule has 0 spiro atoms. The number of pyridine rings is 1. The number of benzene rings is 1. The second-order valence-corrected chi connectivity index (χ2v) is 3.89. The quantitative estimate of drug-likeness (QED) is 0.776. The summed E-state index contributed by atoms with van der Waals surface area (Å²) in [5, 5.41) is 0. The Balaban J connectivity index is 2.41. The van der Waals surface area contributed by atoms with Crippen molar-refractivity contribution in [1.82, 2.24) is 4.98 Å². The SMILES string of the molecule is CC(=O)c1cc(F)ccc1Oc1cccnc1C. The van der Waals surface area contributed by atoms with Gasteiger partial charge in [0.25, 0.3) is 0 Å². The molecule has 0 unspecified atom stereocenters. The third-order valence-corrected chi connectivity index (χ3v) is 2.50. The van der Waals surface area contributed by atoms with E-state index in [-0.39, 0.29) is 11.3 Å². The monoisotopic (exact) mass is 245 g/mol. The molecular formula is C14H12FNO2. The number of ketones is 1. The molecule has 4 heteroatoms. The predicted molar refractivity (Wildman–Crippen MR) is 65.5 cm³/mol. The minimum Gasteiger partial charge on any atom is -0.455 e. The molecule has 0 radical (unpaired) electrons. The molecule has 92 valence electrons. The summed E-state index contributed by atoms with van der Waals surface area (Å²) in [5.74, 6) is 0.174. The standard InChI is InChI=1S/C14H12FNO2/c1-9-13(4-3-7-16-9)18-14-6-5-11(15)8-12(14)10(2)17/h3-8H,1-2H3. The highest BCUT2D eigenvalue weighted by Crippen LogP contribution is 2.27. The molecule has 0 saturated heterocycles. The fraction of sp³-hybridized carbons (Fsp3) is 0.143. The Kier molecular flexibility index (Phi) is 3.37. The third-order valence-electron chi connectivity index (χ3n) is 2.50. The molecule has 0 amide bonds. The molecule has 1 aromatic heterocycles. The lowest BCUT2D eigenvalue weighted by atomic mass is 10.1. The van der Waals surface area contributed by atoms with Crippen LogP contribution in [0.3, 0.4) is 0 Å². The van der Waals surface area contributed by atoms with Crippen LogP contribution in [0.15, 0.2) is 36.5 Å². The number of halogens is 1. The van der Waals surface area contributed by atoms with Crippen LogP contribution in [-0.4, -0.2) is 10.8 Å². The van der Waals surface area contributed by atoms with Crippen molar-refractivity contribution in [3.63, 3.8) is 0 Å². The first-order valence-corrected chi connectivity index (χ1v) is 5.48. The summed E-state index contributed by atoms with van der Waals surface area (Å²) in [5.41, 5.74) is 0.926. The van der Waals surface area contributed by atoms with E-state index in [1.165, 1.54) is 25.1 Å². The van der Waals surface area contributed by atoms with E-state index in [1.54, 1.807) is 25.3 Å². The summed E-state index contributed by atoms with van der Waals surface area (Å²) < 4.78 is 18.7. The Labute approximate surface area is 104 Å². The minimum atomic E-state index is -0.463. The van der Waals surface area contributed by atoms with Crippen molar-refractivity contribution in [3.05, 3.63) is 53.6 Å². The Morgan fingerprint density at radius 2 is 2.06 bits per heavy atom. The molecule has 1 aromatic carbocycles. The number of hydrogen-bond acceptors (Lipinski definition) is 3. The number of Topliss-reactive ketones (excluding diaryl/α,β-unsaturated/α-hetero) is 1. The highest BCUT2D eigenvalue weighted by Gasteiger charge is 2.11. The second kappa shape index (κ2) is 4.96. The molecule has 0 aliphatic heterocycles. The van der Waals surface area contributed by atoms with Crippen LogP contribution in [0.4, 0.5) is 4.39 Å². The van der Waals surface area contributed by atoms with Crippen LogP contribution < -0.4 is 4.74 Å². The molecular weight excluding hydrogens is 233 g/mol. The lowest BCUT2D eigenvalue weighted by Crippen LogP contribution is -1.99. The number of carbonyl (C=O) groups excluding carboxylic acids is 1. The second-order valence-electron chi connectivity index (χ2n) is 3.89. The van der Waals surface area contributed by atoms with Gasteiger partial charge in [0, 0.05) is 6.20 Å². The van der Waals surface area contributed by atoms with Crippen LogP contribution in [0.5, 0.6) is 11.5 Å². The maximum atomic E-state index is 13.1. The number of aromatic nitrogens is 1. The fourth-order valence-electron chi connectivity index (χ4n) is 1.56. The third kappa shape index (κ3) is 2.53. The summed E-state index contributed by atoms with van der Waals surface area (Å²) >= 11 is 0. The largest absolute Gasteiger partial charge is 0.455 e. The fourth-order valence-corrected chi connectivity index (χ4v) is 1.56. The number of carbonyl (C=O) groups is 1. The zero-order valence-electron chi connectivity index (χ0n) is 10.1. The zero-order chi connectivity index (χ0) is 13.1. The molecule has 18 heavy (non-hydrogen) atoms. The Bertz CT molecular complexity index is 596. The summed E-state index contributed by atoms with van der Waals surface area (Å²) in [6.45, 7) is 3.17. The topological polar surface area (TPSA) is 39.2 Å². The smallest absolute Gasteiger partial charge is 0.163 e. The normalized spacial score (nSPS) is 10.2. The highest BCUT2D eigenvalue weighted by molar-refractivity contribution is 5.96. The van der Waals surface area contributed by atoms with Crippen LogP contribution in [0.25, 0.3) is 0 Å². The van der Waals surface area contributed by atoms with Gasteiger partial charge < -0.3 is 4.74 Å². The van der Waals surface area contributed by atoms with E-state index in [1.807, 2.05) is 0 Å². The molecule has 0 fully saturated rings. The number of nitrogens with zero attached hydrogens (tertiary/aromatic N) is 1. The molecule has 1 heterocycles. The number of hydrogen-bond donors (Lipinski definition) is 0. The molecule has 0 N–H and O–H groups in total. The van der Waals surface area contributed by atoms with Gasteiger partial charge in [-0.05, 0) is 44.2 Å². The summed E-state index contributed by atoms with van der Waals surface area (Å²) in [4.78, 5) is 15.5. The van der Waals surface area contributed by atoms with Crippen LogP contribution in [0.2, 0.25) is 0 Å². The number of aryl methyl sites for hydroxylation is 1. The van der Waals surface area contributed by atoms with E-state index in [2.05, 4.69) is 4.98 Å². The van der Waals surface area contributed by atoms with Crippen LogP contribution in [-0.2, 0) is 0 Å². The average Bonchev–Trinajstić information content (AvgIpc) is 2.34. The van der Waals surface area contributed by atoms with E-state index in [0.29, 0.717) is 17.2 Å². The lowest BCUT2D eigenvalue weighted by molar-refractivity contribution is 0.101. The van der Waals surface area contributed by atoms with E-state index in [9.17, 15) is 9.18 Å². The summed E-state index contributed by atoms with van der Waals surface area (Å²) in [7, 11) is 0. The molecule has 0 aliphatic carbocycles.